The maximum absolute atomic E-state index is 13.6. The number of nitrogens with two attached hydrogens (primary N) is 1. The lowest BCUT2D eigenvalue weighted by molar-refractivity contribution is -0.131. The van der Waals surface area contributed by atoms with Crippen molar-refractivity contribution in [1.29, 1.82) is 10.8 Å². The molecule has 1 unspecified atom stereocenters. The first kappa shape index (κ1) is 25.4. The highest BCUT2D eigenvalue weighted by Gasteiger charge is 2.41. The summed E-state index contributed by atoms with van der Waals surface area (Å²) in [6.45, 7) is 3.02. The summed E-state index contributed by atoms with van der Waals surface area (Å²) in [4.78, 5) is 13.8. The van der Waals surface area contributed by atoms with Gasteiger partial charge in [-0.25, -0.2) is 13.2 Å². The standard InChI is InChI=1S/C16H17F6N5O.C2H6/c17-10-6-12(19)11(18)4-8(10)3-9(23)5-14(28)26-1-2-27(13(24)7-26)15(25)16(20,21)22;1-2/h4,6,9,24-25H,1-3,5,7,23H2;1-2H3. The summed E-state index contributed by atoms with van der Waals surface area (Å²) < 4.78 is 77.5. The van der Waals surface area contributed by atoms with Crippen LogP contribution in [0.4, 0.5) is 26.3 Å². The summed E-state index contributed by atoms with van der Waals surface area (Å²) in [6, 6.07) is 0.0641. The van der Waals surface area contributed by atoms with E-state index in [2.05, 4.69) is 0 Å². The maximum Gasteiger partial charge on any atom is 0.449 e. The maximum atomic E-state index is 13.6. The number of rotatable bonds is 4. The number of halogens is 6. The smallest absolute Gasteiger partial charge is 0.333 e. The minimum Gasteiger partial charge on any atom is -0.333 e. The molecule has 1 fully saturated rings. The number of hydrogen-bond acceptors (Lipinski definition) is 4. The molecule has 0 spiro atoms. The van der Waals surface area contributed by atoms with Crippen molar-refractivity contribution < 1.29 is 31.1 Å². The first-order valence-corrected chi connectivity index (χ1v) is 9.07. The molecule has 6 nitrogen and oxygen atoms in total. The van der Waals surface area contributed by atoms with E-state index in [4.69, 9.17) is 16.6 Å². The molecule has 1 aliphatic heterocycles. The third kappa shape index (κ3) is 6.44. The molecule has 30 heavy (non-hydrogen) atoms. The van der Waals surface area contributed by atoms with Gasteiger partial charge < -0.3 is 15.5 Å². The number of nitrogens with zero attached hydrogens (tertiary/aromatic N) is 2. The van der Waals surface area contributed by atoms with Crippen molar-refractivity contribution >= 4 is 17.6 Å². The topological polar surface area (TPSA) is 97.3 Å². The van der Waals surface area contributed by atoms with Gasteiger partial charge in [0.1, 0.15) is 11.7 Å². The van der Waals surface area contributed by atoms with Crippen LogP contribution in [0.25, 0.3) is 0 Å². The molecule has 0 aliphatic carbocycles. The van der Waals surface area contributed by atoms with Gasteiger partial charge in [-0.3, -0.25) is 15.6 Å². The van der Waals surface area contributed by atoms with Crippen molar-refractivity contribution in [2.24, 2.45) is 5.73 Å². The van der Waals surface area contributed by atoms with Crippen LogP contribution in [0, 0.1) is 28.3 Å². The number of nitrogens with one attached hydrogen (secondary N) is 2. The first-order valence-electron chi connectivity index (χ1n) is 9.07. The zero-order chi connectivity index (χ0) is 23.2. The number of amidine groups is 2. The molecule has 2 rings (SSSR count). The fourth-order valence-electron chi connectivity index (χ4n) is 2.74. The van der Waals surface area contributed by atoms with Gasteiger partial charge in [0.05, 0.1) is 6.54 Å². The number of alkyl halides is 3. The molecular formula is C18H23F6N5O. The summed E-state index contributed by atoms with van der Waals surface area (Å²) >= 11 is 0. The molecule has 4 N–H and O–H groups in total. The summed E-state index contributed by atoms with van der Waals surface area (Å²) in [6.07, 6.45) is -5.50. The van der Waals surface area contributed by atoms with E-state index in [1.54, 1.807) is 0 Å². The second kappa shape index (κ2) is 10.4. The highest BCUT2D eigenvalue weighted by atomic mass is 19.4. The Morgan fingerprint density at radius 3 is 2.23 bits per heavy atom. The quantitative estimate of drug-likeness (QED) is 0.291. The minimum atomic E-state index is -4.91. The van der Waals surface area contributed by atoms with Crippen LogP contribution >= 0.6 is 0 Å². The monoisotopic (exact) mass is 439 g/mol. The Hall–Kier alpha value is -2.63. The lowest BCUT2D eigenvalue weighted by Gasteiger charge is -2.37. The Labute approximate surface area is 169 Å². The fraction of sp³-hybridized carbons (Fsp3) is 0.500. The van der Waals surface area contributed by atoms with Gasteiger partial charge in [0.25, 0.3) is 0 Å². The fourth-order valence-corrected chi connectivity index (χ4v) is 2.74. The van der Waals surface area contributed by atoms with Crippen molar-refractivity contribution in [2.75, 3.05) is 19.6 Å². The van der Waals surface area contributed by atoms with Crippen LogP contribution in [0.1, 0.15) is 25.8 Å². The Balaban J connectivity index is 0.00000218. The van der Waals surface area contributed by atoms with Gasteiger partial charge >= 0.3 is 6.18 Å². The third-order valence-corrected chi connectivity index (χ3v) is 4.16. The minimum absolute atomic E-state index is 0.161. The lowest BCUT2D eigenvalue weighted by Crippen LogP contribution is -2.56. The summed E-state index contributed by atoms with van der Waals surface area (Å²) in [5, 5.41) is 14.7. The molecule has 12 heteroatoms. The second-order valence-corrected chi connectivity index (χ2v) is 6.29. The number of carbonyl (C=O) groups excluding carboxylic acids is 1. The van der Waals surface area contributed by atoms with E-state index in [9.17, 15) is 31.1 Å². The molecule has 168 valence electrons. The lowest BCUT2D eigenvalue weighted by atomic mass is 10.0. The molecule has 1 aromatic carbocycles. The number of benzene rings is 1. The molecule has 1 saturated heterocycles. The van der Waals surface area contributed by atoms with Gasteiger partial charge in [0.2, 0.25) is 11.7 Å². The van der Waals surface area contributed by atoms with Crippen molar-refractivity contribution in [1.82, 2.24) is 9.80 Å². The molecular weight excluding hydrogens is 416 g/mol. The van der Waals surface area contributed by atoms with Crippen molar-refractivity contribution in [3.63, 3.8) is 0 Å². The number of carbonyl (C=O) groups is 1. The first-order chi connectivity index (χ1) is 13.9. The number of piperazine rings is 1. The highest BCUT2D eigenvalue weighted by molar-refractivity contribution is 6.02. The molecule has 1 amide bonds. The third-order valence-electron chi connectivity index (χ3n) is 4.16. The van der Waals surface area contributed by atoms with Crippen molar-refractivity contribution in [3.8, 4) is 0 Å². The summed E-state index contributed by atoms with van der Waals surface area (Å²) in [5.74, 6) is -6.46. The zero-order valence-corrected chi connectivity index (χ0v) is 16.4. The molecule has 0 aromatic heterocycles. The van der Waals surface area contributed by atoms with Crippen molar-refractivity contribution in [2.45, 2.75) is 38.9 Å². The number of amides is 1. The van der Waals surface area contributed by atoms with E-state index in [1.807, 2.05) is 13.8 Å². The number of hydrogen-bond donors (Lipinski definition) is 3. The molecule has 0 bridgehead atoms. The highest BCUT2D eigenvalue weighted by Crippen LogP contribution is 2.21. The molecule has 1 aliphatic rings. The van der Waals surface area contributed by atoms with Gasteiger partial charge in [-0.1, -0.05) is 13.8 Å². The molecule has 0 saturated carbocycles. The average molecular weight is 439 g/mol. The van der Waals surface area contributed by atoms with E-state index in [1.165, 1.54) is 0 Å². The van der Waals surface area contributed by atoms with Crippen LogP contribution in [0.15, 0.2) is 12.1 Å². The van der Waals surface area contributed by atoms with Crippen LogP contribution in [0.3, 0.4) is 0 Å². The van der Waals surface area contributed by atoms with Gasteiger partial charge in [0, 0.05) is 31.6 Å². The van der Waals surface area contributed by atoms with E-state index in [0.717, 1.165) is 4.90 Å². The van der Waals surface area contributed by atoms with Crippen LogP contribution < -0.4 is 5.73 Å². The summed E-state index contributed by atoms with van der Waals surface area (Å²) in [7, 11) is 0. The van der Waals surface area contributed by atoms with Gasteiger partial charge in [0.15, 0.2) is 11.6 Å². The Morgan fingerprint density at radius 1 is 1.13 bits per heavy atom. The normalized spacial score (nSPS) is 15.4. The predicted octanol–water partition coefficient (Wildman–Crippen LogP) is 3.05. The molecule has 1 heterocycles. The second-order valence-electron chi connectivity index (χ2n) is 6.29. The van der Waals surface area contributed by atoms with Crippen LogP contribution in [-0.4, -0.2) is 59.2 Å². The van der Waals surface area contributed by atoms with Gasteiger partial charge in [-0.05, 0) is 18.1 Å². The van der Waals surface area contributed by atoms with Crippen LogP contribution in [-0.2, 0) is 11.2 Å². The Kier molecular flexibility index (Phi) is 8.82. The van der Waals surface area contributed by atoms with Gasteiger partial charge in [-0.2, -0.15) is 13.2 Å². The van der Waals surface area contributed by atoms with Crippen LogP contribution in [0.2, 0.25) is 0 Å². The Morgan fingerprint density at radius 2 is 1.70 bits per heavy atom. The van der Waals surface area contributed by atoms with E-state index >= 15 is 0 Å². The average Bonchev–Trinajstić information content (AvgIpc) is 2.66. The Bertz CT molecular complexity index is 798. The predicted molar refractivity (Wildman–Crippen MR) is 98.8 cm³/mol. The molecule has 1 aromatic rings. The van der Waals surface area contributed by atoms with Crippen molar-refractivity contribution in [3.05, 3.63) is 35.1 Å². The largest absolute Gasteiger partial charge is 0.449 e. The van der Waals surface area contributed by atoms with Gasteiger partial charge in [-0.15, -0.1) is 0 Å². The van der Waals surface area contributed by atoms with E-state index < -0.39 is 53.8 Å². The van der Waals surface area contributed by atoms with Crippen LogP contribution in [0.5, 0.6) is 0 Å². The van der Waals surface area contributed by atoms with E-state index in [-0.39, 0.29) is 31.5 Å². The molecule has 1 atom stereocenters. The summed E-state index contributed by atoms with van der Waals surface area (Å²) in [5.41, 5.74) is 5.55. The zero-order valence-electron chi connectivity index (χ0n) is 16.4. The van der Waals surface area contributed by atoms with E-state index in [0.29, 0.717) is 17.0 Å². The SMILES string of the molecule is CC.N=C1CN(C(=O)CC(N)Cc2cc(F)c(F)cc2F)CCN1C(=N)C(F)(F)F. The molecule has 0 radical (unpaired) electrons.